The van der Waals surface area contributed by atoms with Crippen molar-refractivity contribution in [1.29, 1.82) is 0 Å². The topological polar surface area (TPSA) is 93.1 Å². The third-order valence-corrected chi connectivity index (χ3v) is 4.89. The number of carbonyl (C=O) groups is 2. The van der Waals surface area contributed by atoms with Crippen LogP contribution in [0.25, 0.3) is 0 Å². The van der Waals surface area contributed by atoms with Crippen LogP contribution >= 0.6 is 22.6 Å². The Kier molecular flexibility index (Phi) is 4.78. The minimum Gasteiger partial charge on any atom is -0.478 e. The van der Waals surface area contributed by atoms with Crippen LogP contribution in [0.15, 0.2) is 6.07 Å². The molecule has 120 valence electrons. The first-order valence-corrected chi connectivity index (χ1v) is 7.80. The zero-order valence-electron chi connectivity index (χ0n) is 12.5. The van der Waals surface area contributed by atoms with E-state index in [0.29, 0.717) is 15.7 Å². The molecule has 0 aliphatic carbocycles. The average molecular weight is 420 g/mol. The van der Waals surface area contributed by atoms with Crippen LogP contribution in [0, 0.1) is 10.5 Å². The van der Waals surface area contributed by atoms with E-state index in [0.717, 1.165) is 0 Å². The van der Waals surface area contributed by atoms with Crippen LogP contribution in [0.1, 0.15) is 45.7 Å². The molecular formula is C15H17IO6. The molecule has 2 rings (SSSR count). The van der Waals surface area contributed by atoms with Gasteiger partial charge in [-0.2, -0.15) is 0 Å². The van der Waals surface area contributed by atoms with Gasteiger partial charge in [0, 0.05) is 9.99 Å². The van der Waals surface area contributed by atoms with E-state index in [4.69, 9.17) is 9.47 Å². The van der Waals surface area contributed by atoms with Crippen LogP contribution in [0.5, 0.6) is 0 Å². The van der Waals surface area contributed by atoms with Gasteiger partial charge in [0.05, 0.1) is 23.8 Å². The zero-order chi connectivity index (χ0) is 16.7. The van der Waals surface area contributed by atoms with Crippen molar-refractivity contribution in [3.8, 4) is 0 Å². The molecule has 1 aromatic rings. The molecule has 1 saturated heterocycles. The summed E-state index contributed by atoms with van der Waals surface area (Å²) < 4.78 is 11.7. The zero-order valence-corrected chi connectivity index (χ0v) is 14.6. The smallest absolute Gasteiger partial charge is 0.337 e. The number of aromatic carboxylic acids is 2. The molecule has 2 N–H and O–H groups in total. The van der Waals surface area contributed by atoms with Gasteiger partial charge in [-0.3, -0.25) is 0 Å². The maximum Gasteiger partial charge on any atom is 0.337 e. The Balaban J connectivity index is 2.50. The largest absolute Gasteiger partial charge is 0.478 e. The van der Waals surface area contributed by atoms with E-state index >= 15 is 0 Å². The third-order valence-electron chi connectivity index (χ3n) is 3.50. The average Bonchev–Trinajstić information content (AvgIpc) is 2.72. The highest BCUT2D eigenvalue weighted by Gasteiger charge is 2.35. The highest BCUT2D eigenvalue weighted by atomic mass is 127. The summed E-state index contributed by atoms with van der Waals surface area (Å²) in [7, 11) is 0. The number of benzene rings is 1. The summed E-state index contributed by atoms with van der Waals surface area (Å²) in [4.78, 5) is 23.1. The van der Waals surface area contributed by atoms with Crippen molar-refractivity contribution in [2.75, 3.05) is 6.61 Å². The van der Waals surface area contributed by atoms with E-state index in [-0.39, 0.29) is 29.2 Å². The Bertz CT molecular complexity index is 637. The molecular weight excluding hydrogens is 403 g/mol. The molecule has 1 fully saturated rings. The summed E-state index contributed by atoms with van der Waals surface area (Å²) in [6.07, 6.45) is -0.187. The van der Waals surface area contributed by atoms with Gasteiger partial charge in [-0.05, 0) is 60.6 Å². The fraction of sp³-hybridized carbons (Fsp3) is 0.467. The molecule has 1 heterocycles. The summed E-state index contributed by atoms with van der Waals surface area (Å²) in [5.41, 5.74) is 0.944. The van der Waals surface area contributed by atoms with Crippen molar-refractivity contribution in [2.24, 2.45) is 0 Å². The van der Waals surface area contributed by atoms with E-state index < -0.39 is 17.7 Å². The molecule has 0 amide bonds. The Morgan fingerprint density at radius 1 is 1.36 bits per heavy atom. The molecule has 22 heavy (non-hydrogen) atoms. The van der Waals surface area contributed by atoms with Crippen LogP contribution in [0.4, 0.5) is 0 Å². The molecule has 1 aliphatic rings. The molecule has 6 nitrogen and oxygen atoms in total. The van der Waals surface area contributed by atoms with Crippen molar-refractivity contribution in [1.82, 2.24) is 0 Å². The maximum atomic E-state index is 11.6. The Labute approximate surface area is 141 Å². The number of ether oxygens (including phenoxy) is 2. The van der Waals surface area contributed by atoms with E-state index in [9.17, 15) is 19.8 Å². The molecule has 1 aromatic carbocycles. The van der Waals surface area contributed by atoms with Gasteiger partial charge in [-0.15, -0.1) is 0 Å². The predicted octanol–water partition coefficient (Wildman–Crippen LogP) is 2.69. The summed E-state index contributed by atoms with van der Waals surface area (Å²) in [5.74, 6) is -3.02. The fourth-order valence-corrected chi connectivity index (χ4v) is 3.26. The van der Waals surface area contributed by atoms with Crippen molar-refractivity contribution >= 4 is 34.5 Å². The van der Waals surface area contributed by atoms with E-state index in [1.807, 2.05) is 22.6 Å². The summed E-state index contributed by atoms with van der Waals surface area (Å²) in [6.45, 7) is 5.53. The van der Waals surface area contributed by atoms with Gasteiger partial charge in [0.15, 0.2) is 5.79 Å². The lowest BCUT2D eigenvalue weighted by Crippen LogP contribution is -2.24. The van der Waals surface area contributed by atoms with E-state index in [1.54, 1.807) is 20.8 Å². The molecule has 0 unspecified atom stereocenters. The number of halogens is 1. The Morgan fingerprint density at radius 2 is 2.00 bits per heavy atom. The summed E-state index contributed by atoms with van der Waals surface area (Å²) in [6, 6.07) is 1.51. The number of rotatable bonds is 4. The van der Waals surface area contributed by atoms with Gasteiger partial charge in [0.25, 0.3) is 0 Å². The lowest BCUT2D eigenvalue weighted by atomic mass is 9.93. The number of carboxylic acid groups (broad SMARTS) is 2. The predicted molar refractivity (Wildman–Crippen MR) is 86.4 cm³/mol. The quantitative estimate of drug-likeness (QED) is 0.728. The first-order valence-electron chi connectivity index (χ1n) is 6.72. The van der Waals surface area contributed by atoms with Crippen LogP contribution in [0.2, 0.25) is 0 Å². The summed E-state index contributed by atoms with van der Waals surface area (Å²) in [5, 5.41) is 18.9. The molecule has 0 saturated carbocycles. The highest BCUT2D eigenvalue weighted by molar-refractivity contribution is 14.1. The standard InChI is InChI=1S/C15H17IO6/c1-7-4-10(13(17)18)9(11(12(7)16)14(19)20)5-8-6-21-15(2,3)22-8/h4,8H,5-6H2,1-3H3,(H,17,18)(H,19,20)/t8-/m0/s1. The fourth-order valence-electron chi connectivity index (χ4n) is 2.55. The minimum absolute atomic E-state index is 0.00335. The van der Waals surface area contributed by atoms with Crippen LogP contribution in [0.3, 0.4) is 0 Å². The van der Waals surface area contributed by atoms with Gasteiger partial charge in [0.2, 0.25) is 0 Å². The molecule has 0 radical (unpaired) electrons. The van der Waals surface area contributed by atoms with E-state index in [2.05, 4.69) is 0 Å². The minimum atomic E-state index is -1.14. The second-order valence-electron chi connectivity index (χ2n) is 5.67. The SMILES string of the molecule is Cc1cc(C(=O)O)c(C[C@H]2COC(C)(C)O2)c(C(=O)O)c1I. The lowest BCUT2D eigenvalue weighted by molar-refractivity contribution is -0.138. The van der Waals surface area contributed by atoms with Crippen molar-refractivity contribution < 1.29 is 29.3 Å². The van der Waals surface area contributed by atoms with Gasteiger partial charge >= 0.3 is 11.9 Å². The van der Waals surface area contributed by atoms with Crippen molar-refractivity contribution in [3.05, 3.63) is 31.9 Å². The molecule has 1 aliphatic heterocycles. The molecule has 0 aromatic heterocycles. The Hall–Kier alpha value is -1.19. The second-order valence-corrected chi connectivity index (χ2v) is 6.75. The highest BCUT2D eigenvalue weighted by Crippen LogP contribution is 2.30. The number of hydrogen-bond acceptors (Lipinski definition) is 4. The summed E-state index contributed by atoms with van der Waals surface area (Å²) >= 11 is 1.93. The van der Waals surface area contributed by atoms with Crippen molar-refractivity contribution in [3.63, 3.8) is 0 Å². The lowest BCUT2D eigenvalue weighted by Gasteiger charge is -2.19. The molecule has 7 heteroatoms. The third kappa shape index (κ3) is 3.41. The van der Waals surface area contributed by atoms with E-state index in [1.165, 1.54) is 6.07 Å². The van der Waals surface area contributed by atoms with Gasteiger partial charge in [0.1, 0.15) is 0 Å². The molecule has 1 atom stereocenters. The van der Waals surface area contributed by atoms with Crippen molar-refractivity contribution in [2.45, 2.75) is 39.1 Å². The normalized spacial score (nSPS) is 20.1. The van der Waals surface area contributed by atoms with Crippen LogP contribution < -0.4 is 0 Å². The Morgan fingerprint density at radius 3 is 2.45 bits per heavy atom. The maximum absolute atomic E-state index is 11.6. The van der Waals surface area contributed by atoms with Crippen LogP contribution in [-0.2, 0) is 15.9 Å². The first-order chi connectivity index (χ1) is 10.1. The number of hydrogen-bond donors (Lipinski definition) is 2. The van der Waals surface area contributed by atoms with Gasteiger partial charge in [-0.1, -0.05) is 0 Å². The molecule has 0 spiro atoms. The number of carboxylic acids is 2. The van der Waals surface area contributed by atoms with Gasteiger partial charge in [-0.25, -0.2) is 9.59 Å². The first kappa shape index (κ1) is 17.2. The van der Waals surface area contributed by atoms with Crippen LogP contribution in [-0.4, -0.2) is 40.6 Å². The van der Waals surface area contributed by atoms with Gasteiger partial charge < -0.3 is 19.7 Å². The second kappa shape index (κ2) is 6.13. The monoisotopic (exact) mass is 420 g/mol. The molecule has 0 bridgehead atoms. The number of aryl methyl sites for hydroxylation is 1.